The van der Waals surface area contributed by atoms with Gasteiger partial charge in [0.2, 0.25) is 0 Å². The number of likely N-dealkylation sites (N-methyl/N-ethyl adjacent to an activating group) is 1. The van der Waals surface area contributed by atoms with Crippen molar-refractivity contribution in [2.75, 3.05) is 31.6 Å². The summed E-state index contributed by atoms with van der Waals surface area (Å²) in [5, 5.41) is 0.538. The van der Waals surface area contributed by atoms with E-state index in [2.05, 4.69) is 30.8 Å². The smallest absolute Gasteiger partial charge is 0.359 e. The molecule has 4 rings (SSSR count). The Kier molecular flexibility index (Phi) is 5.49. The first-order chi connectivity index (χ1) is 14.9. The first-order valence-electron chi connectivity index (χ1n) is 10.7. The number of carbonyl (C=O) groups is 2. The van der Waals surface area contributed by atoms with Crippen molar-refractivity contribution in [2.45, 2.75) is 52.3 Å². The van der Waals surface area contributed by atoms with Gasteiger partial charge >= 0.3 is 12.0 Å². The zero-order valence-corrected chi connectivity index (χ0v) is 20.2. The monoisotopic (exact) mass is 459 g/mol. The number of fused-ring (bicyclic) bond motifs is 3. The molecule has 2 aliphatic rings. The van der Waals surface area contributed by atoms with Crippen LogP contribution in [0, 0.1) is 0 Å². The van der Waals surface area contributed by atoms with Crippen molar-refractivity contribution in [3.8, 4) is 5.69 Å². The Bertz CT molecular complexity index is 1070. The molecule has 8 nitrogen and oxygen atoms in total. The van der Waals surface area contributed by atoms with Crippen LogP contribution in [-0.4, -0.2) is 69.2 Å². The highest BCUT2D eigenvalue weighted by Crippen LogP contribution is 2.36. The highest BCUT2D eigenvalue weighted by molar-refractivity contribution is 6.31. The number of hydrogen-bond acceptors (Lipinski definition) is 5. The maximum Gasteiger partial charge on any atom is 0.359 e. The van der Waals surface area contributed by atoms with Crippen molar-refractivity contribution < 1.29 is 14.3 Å². The Morgan fingerprint density at radius 2 is 1.88 bits per heavy atom. The molecule has 1 saturated heterocycles. The van der Waals surface area contributed by atoms with Crippen LogP contribution in [0.15, 0.2) is 24.5 Å². The third-order valence-electron chi connectivity index (χ3n) is 6.07. The lowest BCUT2D eigenvalue weighted by Gasteiger charge is -2.46. The average Bonchev–Trinajstić information content (AvgIpc) is 3.11. The fraction of sp³-hybridized carbons (Fsp3) is 0.522. The number of anilines is 1. The Labute approximate surface area is 193 Å². The van der Waals surface area contributed by atoms with Crippen LogP contribution in [0.5, 0.6) is 0 Å². The molecule has 2 amide bonds. The molecular weight excluding hydrogens is 430 g/mol. The van der Waals surface area contributed by atoms with Crippen LogP contribution >= 0.6 is 11.6 Å². The summed E-state index contributed by atoms with van der Waals surface area (Å²) in [7, 11) is 2.07. The zero-order valence-electron chi connectivity index (χ0n) is 19.5. The van der Waals surface area contributed by atoms with Gasteiger partial charge in [-0.05, 0) is 59.9 Å². The van der Waals surface area contributed by atoms with E-state index in [1.165, 1.54) is 0 Å². The number of amides is 2. The Morgan fingerprint density at radius 3 is 2.53 bits per heavy atom. The SMILES string of the molecule is CN1CCN(C(=O)N2Cc3c(C(=O)OC(C)(C)C)ncn3-c3ccc(Cl)cc32)CC1(C)C. The lowest BCUT2D eigenvalue weighted by molar-refractivity contribution is 0.00619. The molecule has 0 atom stereocenters. The topological polar surface area (TPSA) is 70.9 Å². The van der Waals surface area contributed by atoms with Gasteiger partial charge in [0.05, 0.1) is 23.6 Å². The third-order valence-corrected chi connectivity index (χ3v) is 6.31. The summed E-state index contributed by atoms with van der Waals surface area (Å²) in [6.45, 7) is 11.9. The fourth-order valence-electron chi connectivity index (χ4n) is 4.13. The van der Waals surface area contributed by atoms with Gasteiger partial charge in [-0.15, -0.1) is 0 Å². The number of halogens is 1. The van der Waals surface area contributed by atoms with Crippen molar-refractivity contribution in [1.82, 2.24) is 19.4 Å². The van der Waals surface area contributed by atoms with E-state index in [9.17, 15) is 9.59 Å². The fourth-order valence-corrected chi connectivity index (χ4v) is 4.29. The number of carbonyl (C=O) groups excluding carboxylic acids is 2. The second kappa shape index (κ2) is 7.78. The first-order valence-corrected chi connectivity index (χ1v) is 11.1. The number of rotatable bonds is 1. The number of urea groups is 1. The summed E-state index contributed by atoms with van der Waals surface area (Å²) in [6.07, 6.45) is 1.60. The number of benzene rings is 1. The molecule has 2 aliphatic heterocycles. The molecule has 1 fully saturated rings. The molecule has 0 unspecified atom stereocenters. The Balaban J connectivity index is 1.73. The maximum absolute atomic E-state index is 13.7. The van der Waals surface area contributed by atoms with Gasteiger partial charge in [0.1, 0.15) is 11.9 Å². The summed E-state index contributed by atoms with van der Waals surface area (Å²) >= 11 is 6.29. The molecular formula is C23H30ClN5O3. The highest BCUT2D eigenvalue weighted by Gasteiger charge is 2.38. The van der Waals surface area contributed by atoms with Gasteiger partial charge in [-0.3, -0.25) is 14.4 Å². The quantitative estimate of drug-likeness (QED) is 0.604. The lowest BCUT2D eigenvalue weighted by Crippen LogP contribution is -2.61. The van der Waals surface area contributed by atoms with Crippen molar-refractivity contribution in [3.63, 3.8) is 0 Å². The zero-order chi connectivity index (χ0) is 23.4. The standard InChI is InChI=1S/C23H30ClN5O3/c1-22(2,3)32-20(30)19-18-12-28(21(31)27-10-9-26(6)23(4,5)13-27)17-11-15(24)7-8-16(17)29(18)14-25-19/h7-8,11,14H,9-10,12-13H2,1-6H3. The van der Waals surface area contributed by atoms with Gasteiger partial charge in [0.25, 0.3) is 0 Å². The van der Waals surface area contributed by atoms with Gasteiger partial charge in [-0.1, -0.05) is 11.6 Å². The Morgan fingerprint density at radius 1 is 1.16 bits per heavy atom. The van der Waals surface area contributed by atoms with Crippen molar-refractivity contribution >= 4 is 29.3 Å². The molecule has 2 aromatic rings. The van der Waals surface area contributed by atoms with Crippen molar-refractivity contribution in [1.29, 1.82) is 0 Å². The summed E-state index contributed by atoms with van der Waals surface area (Å²) in [5.74, 6) is -0.503. The van der Waals surface area contributed by atoms with E-state index >= 15 is 0 Å². The second-order valence-corrected chi connectivity index (χ2v) is 10.5. The molecule has 0 spiro atoms. The van der Waals surface area contributed by atoms with E-state index in [0.29, 0.717) is 29.5 Å². The van der Waals surface area contributed by atoms with Gasteiger partial charge in [-0.2, -0.15) is 0 Å². The van der Waals surface area contributed by atoms with E-state index in [-0.39, 0.29) is 23.8 Å². The number of nitrogens with zero attached hydrogens (tertiary/aromatic N) is 5. The largest absolute Gasteiger partial charge is 0.455 e. The lowest BCUT2D eigenvalue weighted by atomic mass is 10.00. The molecule has 0 bridgehead atoms. The van der Waals surface area contributed by atoms with Crippen LogP contribution in [-0.2, 0) is 11.3 Å². The number of aromatic nitrogens is 2. The third kappa shape index (κ3) is 4.09. The molecule has 0 radical (unpaired) electrons. The van der Waals surface area contributed by atoms with Gasteiger partial charge in [0.15, 0.2) is 5.69 Å². The Hall–Kier alpha value is -2.58. The number of hydrogen-bond donors (Lipinski definition) is 0. The maximum atomic E-state index is 13.7. The molecule has 1 aromatic carbocycles. The molecule has 0 aliphatic carbocycles. The molecule has 1 aromatic heterocycles. The number of imidazole rings is 1. The highest BCUT2D eigenvalue weighted by atomic mass is 35.5. The van der Waals surface area contributed by atoms with Crippen LogP contribution < -0.4 is 4.90 Å². The molecule has 0 saturated carbocycles. The van der Waals surface area contributed by atoms with E-state index in [1.807, 2.05) is 36.3 Å². The van der Waals surface area contributed by atoms with Gasteiger partial charge < -0.3 is 9.64 Å². The van der Waals surface area contributed by atoms with E-state index in [1.54, 1.807) is 23.4 Å². The molecule has 3 heterocycles. The van der Waals surface area contributed by atoms with Gasteiger partial charge in [-0.25, -0.2) is 14.6 Å². The van der Waals surface area contributed by atoms with Crippen LogP contribution in [0.25, 0.3) is 5.69 Å². The minimum absolute atomic E-state index is 0.114. The van der Waals surface area contributed by atoms with E-state index < -0.39 is 11.6 Å². The van der Waals surface area contributed by atoms with E-state index in [4.69, 9.17) is 16.3 Å². The minimum atomic E-state index is -0.644. The number of ether oxygens (including phenoxy) is 1. The first kappa shape index (κ1) is 22.6. The minimum Gasteiger partial charge on any atom is -0.455 e. The summed E-state index contributed by atoms with van der Waals surface area (Å²) in [4.78, 5) is 36.7. The van der Waals surface area contributed by atoms with Gasteiger partial charge in [0, 0.05) is 30.2 Å². The normalized spacial score (nSPS) is 18.2. The van der Waals surface area contributed by atoms with Crippen LogP contribution in [0.3, 0.4) is 0 Å². The van der Waals surface area contributed by atoms with Crippen LogP contribution in [0.4, 0.5) is 10.5 Å². The molecule has 0 N–H and O–H groups in total. The summed E-state index contributed by atoms with van der Waals surface area (Å²) in [6, 6.07) is 5.28. The predicted molar refractivity (Wildman–Crippen MR) is 124 cm³/mol. The molecule has 172 valence electrons. The predicted octanol–water partition coefficient (Wildman–Crippen LogP) is 3.95. The van der Waals surface area contributed by atoms with Crippen molar-refractivity contribution in [3.05, 3.63) is 40.9 Å². The summed E-state index contributed by atoms with van der Waals surface area (Å²) < 4.78 is 7.39. The number of piperazine rings is 1. The average molecular weight is 460 g/mol. The summed E-state index contributed by atoms with van der Waals surface area (Å²) in [5.41, 5.74) is 1.51. The van der Waals surface area contributed by atoms with Crippen LogP contribution in [0.2, 0.25) is 5.02 Å². The molecule has 9 heteroatoms. The second-order valence-electron chi connectivity index (χ2n) is 10.1. The van der Waals surface area contributed by atoms with Crippen molar-refractivity contribution in [2.24, 2.45) is 0 Å². The van der Waals surface area contributed by atoms with E-state index in [0.717, 1.165) is 12.2 Å². The molecule has 32 heavy (non-hydrogen) atoms. The van der Waals surface area contributed by atoms with Crippen LogP contribution in [0.1, 0.15) is 50.8 Å². The number of esters is 1.